The fourth-order valence-electron chi connectivity index (χ4n) is 4.30. The van der Waals surface area contributed by atoms with Gasteiger partial charge in [-0.2, -0.15) is 5.10 Å². The summed E-state index contributed by atoms with van der Waals surface area (Å²) in [6.45, 7) is 4.38. The molecule has 0 bridgehead atoms. The number of amides is 1. The fraction of sp³-hybridized carbons (Fsp3) is 0.308. The molecule has 36 heavy (non-hydrogen) atoms. The van der Waals surface area contributed by atoms with E-state index in [-0.39, 0.29) is 5.56 Å². The number of carbonyl (C=O) groups excluding carboxylic acids is 1. The molecule has 2 aromatic heterocycles. The van der Waals surface area contributed by atoms with Gasteiger partial charge in [-0.15, -0.1) is 0 Å². The number of nitrogens with one attached hydrogen (secondary N) is 2. The number of hydrogen-bond donors (Lipinski definition) is 3. The highest BCUT2D eigenvalue weighted by Gasteiger charge is 2.21. The van der Waals surface area contributed by atoms with Crippen LogP contribution in [0, 0.1) is 0 Å². The molecule has 2 heterocycles. The van der Waals surface area contributed by atoms with Crippen molar-refractivity contribution in [3.63, 3.8) is 0 Å². The lowest BCUT2D eigenvalue weighted by Gasteiger charge is -2.19. The molecule has 4 rings (SSSR count). The van der Waals surface area contributed by atoms with Gasteiger partial charge < -0.3 is 14.5 Å². The second-order valence-corrected chi connectivity index (χ2v) is 8.30. The van der Waals surface area contributed by atoms with E-state index in [0.717, 1.165) is 23.2 Å². The molecule has 1 amide bonds. The van der Waals surface area contributed by atoms with Crippen molar-refractivity contribution in [2.75, 3.05) is 13.7 Å². The molecule has 1 atom stereocenters. The Morgan fingerprint density at radius 2 is 1.89 bits per heavy atom. The van der Waals surface area contributed by atoms with Gasteiger partial charge in [0.25, 0.3) is 11.5 Å². The zero-order valence-corrected chi connectivity index (χ0v) is 20.7. The van der Waals surface area contributed by atoms with E-state index in [2.05, 4.69) is 17.0 Å². The van der Waals surface area contributed by atoms with Crippen LogP contribution >= 0.6 is 0 Å². The molecule has 0 aliphatic carbocycles. The minimum absolute atomic E-state index is 0.277. The maximum absolute atomic E-state index is 13.0. The van der Waals surface area contributed by atoms with Crippen LogP contribution in [0.1, 0.15) is 53.6 Å². The molecule has 10 nitrogen and oxygen atoms in total. The van der Waals surface area contributed by atoms with Crippen molar-refractivity contribution in [2.24, 2.45) is 7.05 Å². The number of methoxy groups -OCH3 is 1. The summed E-state index contributed by atoms with van der Waals surface area (Å²) in [6.07, 6.45) is 1.13. The van der Waals surface area contributed by atoms with E-state index in [1.54, 1.807) is 48.6 Å². The zero-order chi connectivity index (χ0) is 25.8. The summed E-state index contributed by atoms with van der Waals surface area (Å²) >= 11 is 0. The van der Waals surface area contributed by atoms with Crippen LogP contribution in [0.25, 0.3) is 22.4 Å². The molecule has 0 spiro atoms. The highest BCUT2D eigenvalue weighted by molar-refractivity contribution is 5.93. The molecular formula is C26H29N5O5. The van der Waals surface area contributed by atoms with Crippen molar-refractivity contribution in [3.8, 4) is 17.1 Å². The summed E-state index contributed by atoms with van der Waals surface area (Å²) in [5, 5.41) is 13.4. The predicted molar refractivity (Wildman–Crippen MR) is 134 cm³/mol. The summed E-state index contributed by atoms with van der Waals surface area (Å²) in [6, 6.07) is 12.3. The van der Waals surface area contributed by atoms with Gasteiger partial charge >= 0.3 is 0 Å². The number of aromatic amines is 1. The van der Waals surface area contributed by atoms with Crippen molar-refractivity contribution in [1.82, 2.24) is 25.2 Å². The zero-order valence-electron chi connectivity index (χ0n) is 20.7. The van der Waals surface area contributed by atoms with Crippen LogP contribution in [0.15, 0.2) is 47.3 Å². The Balaban J connectivity index is 1.83. The van der Waals surface area contributed by atoms with E-state index in [9.17, 15) is 9.59 Å². The van der Waals surface area contributed by atoms with E-state index in [4.69, 9.17) is 19.7 Å². The number of aromatic nitrogens is 4. The van der Waals surface area contributed by atoms with Crippen molar-refractivity contribution < 1.29 is 19.5 Å². The number of H-pyrrole nitrogens is 1. The first-order valence-corrected chi connectivity index (χ1v) is 11.7. The molecule has 0 aliphatic rings. The number of ether oxygens (including phenoxy) is 2. The van der Waals surface area contributed by atoms with Gasteiger partial charge in [0.05, 0.1) is 17.9 Å². The number of hydroxylamine groups is 1. The lowest BCUT2D eigenvalue weighted by atomic mass is 9.97. The number of hydrogen-bond acceptors (Lipinski definition) is 7. The smallest absolute Gasteiger partial charge is 0.277 e. The minimum atomic E-state index is -0.595. The van der Waals surface area contributed by atoms with Crippen LogP contribution in [-0.4, -0.2) is 44.6 Å². The average Bonchev–Trinajstić information content (AvgIpc) is 3.21. The Morgan fingerprint density at radius 1 is 1.17 bits per heavy atom. The quantitative estimate of drug-likeness (QED) is 0.241. The van der Waals surface area contributed by atoms with Crippen LogP contribution in [0.4, 0.5) is 0 Å². The Bertz CT molecular complexity index is 1440. The molecule has 4 aromatic rings. The van der Waals surface area contributed by atoms with Crippen LogP contribution < -0.4 is 15.8 Å². The van der Waals surface area contributed by atoms with Crippen molar-refractivity contribution in [1.29, 1.82) is 0 Å². The fourth-order valence-corrected chi connectivity index (χ4v) is 4.30. The molecule has 0 aliphatic heterocycles. The Kier molecular flexibility index (Phi) is 7.47. The maximum Gasteiger partial charge on any atom is 0.277 e. The van der Waals surface area contributed by atoms with Gasteiger partial charge in [-0.05, 0) is 48.7 Å². The monoisotopic (exact) mass is 491 g/mol. The standard InChI is InChI=1S/C26H29N5O5/c1-5-7-19-21-22(31(3)29-19)26(33)28-24(27-21)18-14-17(12-13-20(18)36-6-2)23(35-4)15-8-10-16(11-9-15)25(32)30-34/h8-14,23,34H,5-7H2,1-4H3,(H,30,32)(H,27,28,33). The normalized spacial score (nSPS) is 12.0. The molecular weight excluding hydrogens is 462 g/mol. The number of benzene rings is 2. The van der Waals surface area contributed by atoms with Crippen LogP contribution in [-0.2, 0) is 18.2 Å². The van der Waals surface area contributed by atoms with E-state index in [1.807, 2.05) is 25.1 Å². The third kappa shape index (κ3) is 4.73. The van der Waals surface area contributed by atoms with Crippen LogP contribution in [0.3, 0.4) is 0 Å². The number of aryl methyl sites for hydroxylation is 2. The van der Waals surface area contributed by atoms with Gasteiger partial charge in [0, 0.05) is 19.7 Å². The topological polar surface area (TPSA) is 131 Å². The van der Waals surface area contributed by atoms with Crippen molar-refractivity contribution in [2.45, 2.75) is 32.8 Å². The molecule has 0 saturated heterocycles. The van der Waals surface area contributed by atoms with Gasteiger partial charge in [-0.3, -0.25) is 19.5 Å². The van der Waals surface area contributed by atoms with E-state index in [0.29, 0.717) is 46.8 Å². The predicted octanol–water partition coefficient (Wildman–Crippen LogP) is 3.53. The Morgan fingerprint density at radius 3 is 2.53 bits per heavy atom. The third-order valence-corrected chi connectivity index (χ3v) is 5.92. The molecule has 1 unspecified atom stereocenters. The SMILES string of the molecule is CCCc1nn(C)c2c(=O)[nH]c(-c3cc(C(OC)c4ccc(C(=O)NO)cc4)ccc3OCC)nc12. The average molecular weight is 492 g/mol. The number of fused-ring (bicyclic) bond motifs is 1. The van der Waals surface area contributed by atoms with Crippen LogP contribution in [0.5, 0.6) is 5.75 Å². The molecule has 0 radical (unpaired) electrons. The first-order chi connectivity index (χ1) is 17.4. The van der Waals surface area contributed by atoms with E-state index >= 15 is 0 Å². The van der Waals surface area contributed by atoms with Gasteiger partial charge in [0.1, 0.15) is 23.2 Å². The Hall–Kier alpha value is -4.02. The molecule has 3 N–H and O–H groups in total. The summed E-state index contributed by atoms with van der Waals surface area (Å²) < 4.78 is 13.2. The summed E-state index contributed by atoms with van der Waals surface area (Å²) in [7, 11) is 3.33. The van der Waals surface area contributed by atoms with E-state index < -0.39 is 12.0 Å². The van der Waals surface area contributed by atoms with Gasteiger partial charge in [0.15, 0.2) is 5.52 Å². The lowest BCUT2D eigenvalue weighted by Crippen LogP contribution is -2.18. The summed E-state index contributed by atoms with van der Waals surface area (Å²) in [4.78, 5) is 32.4. The van der Waals surface area contributed by atoms with Crippen molar-refractivity contribution in [3.05, 3.63) is 75.2 Å². The van der Waals surface area contributed by atoms with Gasteiger partial charge in [-0.1, -0.05) is 31.5 Å². The number of rotatable bonds is 9. The second kappa shape index (κ2) is 10.7. The second-order valence-electron chi connectivity index (χ2n) is 8.30. The first kappa shape index (κ1) is 25.1. The maximum atomic E-state index is 13.0. The highest BCUT2D eigenvalue weighted by atomic mass is 16.5. The molecule has 2 aromatic carbocycles. The lowest BCUT2D eigenvalue weighted by molar-refractivity contribution is 0.0706. The largest absolute Gasteiger partial charge is 0.493 e. The third-order valence-electron chi connectivity index (χ3n) is 5.92. The van der Waals surface area contributed by atoms with E-state index in [1.165, 1.54) is 0 Å². The minimum Gasteiger partial charge on any atom is -0.493 e. The van der Waals surface area contributed by atoms with Crippen LogP contribution in [0.2, 0.25) is 0 Å². The number of nitrogens with zero attached hydrogens (tertiary/aromatic N) is 3. The van der Waals surface area contributed by atoms with Gasteiger partial charge in [-0.25, -0.2) is 10.5 Å². The molecule has 10 heteroatoms. The summed E-state index contributed by atoms with van der Waals surface area (Å²) in [5.74, 6) is 0.365. The molecule has 0 saturated carbocycles. The van der Waals surface area contributed by atoms with Gasteiger partial charge in [0.2, 0.25) is 0 Å². The Labute approximate surface area is 207 Å². The first-order valence-electron chi connectivity index (χ1n) is 11.7. The molecule has 188 valence electrons. The summed E-state index contributed by atoms with van der Waals surface area (Å²) in [5.41, 5.74) is 5.67. The highest BCUT2D eigenvalue weighted by Crippen LogP contribution is 2.34. The van der Waals surface area contributed by atoms with Crippen molar-refractivity contribution >= 4 is 16.9 Å². The number of carbonyl (C=O) groups is 1. The molecule has 0 fully saturated rings.